The van der Waals surface area contributed by atoms with Gasteiger partial charge in [0, 0.05) is 18.8 Å². The highest BCUT2D eigenvalue weighted by atomic mass is 32.1. The highest BCUT2D eigenvalue weighted by Crippen LogP contribution is 2.21. The summed E-state index contributed by atoms with van der Waals surface area (Å²) in [5.74, 6) is 0. The predicted octanol–water partition coefficient (Wildman–Crippen LogP) is 2.75. The molecule has 0 bridgehead atoms. The van der Waals surface area contributed by atoms with E-state index in [2.05, 4.69) is 35.9 Å². The molecule has 0 radical (unpaired) electrons. The molecule has 1 aliphatic carbocycles. The van der Waals surface area contributed by atoms with Crippen molar-refractivity contribution < 1.29 is 0 Å². The van der Waals surface area contributed by atoms with Crippen molar-refractivity contribution in [2.24, 2.45) is 0 Å². The molecule has 16 heavy (non-hydrogen) atoms. The number of allylic oxidation sites excluding steroid dienone is 4. The van der Waals surface area contributed by atoms with Gasteiger partial charge in [-0.3, -0.25) is 0 Å². The van der Waals surface area contributed by atoms with Crippen molar-refractivity contribution in [1.29, 1.82) is 0 Å². The van der Waals surface area contributed by atoms with Crippen molar-refractivity contribution in [3.63, 3.8) is 0 Å². The van der Waals surface area contributed by atoms with Gasteiger partial charge in [-0.15, -0.1) is 0 Å². The highest BCUT2D eigenvalue weighted by molar-refractivity contribution is 7.80. The summed E-state index contributed by atoms with van der Waals surface area (Å²) in [6.45, 7) is 8.34. The van der Waals surface area contributed by atoms with Crippen LogP contribution in [0.5, 0.6) is 0 Å². The third kappa shape index (κ3) is 2.35. The third-order valence-electron chi connectivity index (χ3n) is 3.11. The molecule has 2 nitrogen and oxygen atoms in total. The van der Waals surface area contributed by atoms with Gasteiger partial charge in [-0.05, 0) is 49.6 Å². The van der Waals surface area contributed by atoms with E-state index in [9.17, 15) is 0 Å². The Kier molecular flexibility index (Phi) is 3.44. The van der Waals surface area contributed by atoms with Gasteiger partial charge >= 0.3 is 0 Å². The van der Waals surface area contributed by atoms with Gasteiger partial charge in [-0.2, -0.15) is 0 Å². The Morgan fingerprint density at radius 2 is 2.12 bits per heavy atom. The molecule has 0 saturated carbocycles. The Bertz CT molecular complexity index is 373. The van der Waals surface area contributed by atoms with Gasteiger partial charge in [0.15, 0.2) is 5.11 Å². The monoisotopic (exact) mass is 234 g/mol. The summed E-state index contributed by atoms with van der Waals surface area (Å²) in [5.41, 5.74) is 3.46. The van der Waals surface area contributed by atoms with E-state index in [1.807, 2.05) is 0 Å². The zero-order valence-corrected chi connectivity index (χ0v) is 10.6. The minimum atomic E-state index is 0.850. The van der Waals surface area contributed by atoms with Gasteiger partial charge in [-0.25, -0.2) is 0 Å². The molecule has 2 aliphatic rings. The standard InChI is InChI=1S/C13H18N2S/c1-10-6-5-7-11(2)12(10)14-13(16)15-8-3-4-9-15/h5,7H,1,3-4,6,8-9H2,2H3,(H,14,16). The smallest absolute Gasteiger partial charge is 0.173 e. The summed E-state index contributed by atoms with van der Waals surface area (Å²) in [6.07, 6.45) is 7.69. The second-order valence-electron chi connectivity index (χ2n) is 4.39. The first-order valence-corrected chi connectivity index (χ1v) is 6.21. The van der Waals surface area contributed by atoms with Crippen LogP contribution in [-0.4, -0.2) is 23.1 Å². The van der Waals surface area contributed by atoms with Gasteiger partial charge in [-0.1, -0.05) is 18.7 Å². The number of likely N-dealkylation sites (tertiary alicyclic amines) is 1. The highest BCUT2D eigenvalue weighted by Gasteiger charge is 2.17. The van der Waals surface area contributed by atoms with E-state index in [0.717, 1.165) is 35.9 Å². The zero-order valence-electron chi connectivity index (χ0n) is 9.75. The first kappa shape index (κ1) is 11.4. The summed E-state index contributed by atoms with van der Waals surface area (Å²) in [6, 6.07) is 0. The minimum absolute atomic E-state index is 0.850. The van der Waals surface area contributed by atoms with Crippen molar-refractivity contribution in [3.05, 3.63) is 35.6 Å². The van der Waals surface area contributed by atoms with Crippen LogP contribution in [0.4, 0.5) is 0 Å². The van der Waals surface area contributed by atoms with Crippen molar-refractivity contribution in [1.82, 2.24) is 10.2 Å². The third-order valence-corrected chi connectivity index (χ3v) is 3.47. The molecule has 1 saturated heterocycles. The van der Waals surface area contributed by atoms with Crippen LogP contribution in [0.25, 0.3) is 0 Å². The first-order chi connectivity index (χ1) is 7.68. The molecule has 0 aromatic rings. The number of thiocarbonyl (C=S) groups is 1. The number of nitrogens with one attached hydrogen (secondary N) is 1. The van der Waals surface area contributed by atoms with Crippen molar-refractivity contribution >= 4 is 17.3 Å². The average Bonchev–Trinajstić information content (AvgIpc) is 2.76. The Morgan fingerprint density at radius 3 is 2.75 bits per heavy atom. The number of hydrogen-bond donors (Lipinski definition) is 1. The first-order valence-electron chi connectivity index (χ1n) is 5.80. The van der Waals surface area contributed by atoms with E-state index < -0.39 is 0 Å². The molecule has 0 amide bonds. The fourth-order valence-electron chi connectivity index (χ4n) is 2.14. The molecule has 86 valence electrons. The normalized spacial score (nSPS) is 20.6. The van der Waals surface area contributed by atoms with Crippen LogP contribution in [0.15, 0.2) is 35.6 Å². The van der Waals surface area contributed by atoms with Crippen molar-refractivity contribution in [2.75, 3.05) is 13.1 Å². The quantitative estimate of drug-likeness (QED) is 0.702. The molecule has 0 aromatic carbocycles. The lowest BCUT2D eigenvalue weighted by molar-refractivity contribution is 0.513. The molecule has 0 unspecified atom stereocenters. The molecular weight excluding hydrogens is 216 g/mol. The van der Waals surface area contributed by atoms with E-state index in [4.69, 9.17) is 12.2 Å². The largest absolute Gasteiger partial charge is 0.349 e. The van der Waals surface area contributed by atoms with Crippen LogP contribution in [0.3, 0.4) is 0 Å². The molecule has 0 atom stereocenters. The molecule has 1 heterocycles. The average molecular weight is 234 g/mol. The van der Waals surface area contributed by atoms with Crippen LogP contribution in [-0.2, 0) is 0 Å². The Balaban J connectivity index is 2.05. The molecule has 3 heteroatoms. The van der Waals surface area contributed by atoms with Crippen molar-refractivity contribution in [2.45, 2.75) is 26.2 Å². The van der Waals surface area contributed by atoms with Crippen LogP contribution in [0.2, 0.25) is 0 Å². The van der Waals surface area contributed by atoms with Crippen LogP contribution in [0.1, 0.15) is 26.2 Å². The molecule has 0 aromatic heterocycles. The van der Waals surface area contributed by atoms with Gasteiger partial charge in [0.2, 0.25) is 0 Å². The SMILES string of the molecule is C=C1CC=CC(C)=C1NC(=S)N1CCCC1. The summed E-state index contributed by atoms with van der Waals surface area (Å²) < 4.78 is 0. The molecule has 1 aliphatic heterocycles. The molecule has 2 rings (SSSR count). The lowest BCUT2D eigenvalue weighted by Gasteiger charge is -2.24. The van der Waals surface area contributed by atoms with Gasteiger partial charge in [0.1, 0.15) is 0 Å². The lowest BCUT2D eigenvalue weighted by Crippen LogP contribution is -2.38. The topological polar surface area (TPSA) is 15.3 Å². The van der Waals surface area contributed by atoms with Gasteiger partial charge in [0.05, 0.1) is 0 Å². The summed E-state index contributed by atoms with van der Waals surface area (Å²) in [4.78, 5) is 2.24. The molecular formula is C13H18N2S. The van der Waals surface area contributed by atoms with Crippen LogP contribution in [0, 0.1) is 0 Å². The van der Waals surface area contributed by atoms with E-state index >= 15 is 0 Å². The predicted molar refractivity (Wildman–Crippen MR) is 72.1 cm³/mol. The van der Waals surface area contributed by atoms with Crippen molar-refractivity contribution in [3.8, 4) is 0 Å². The minimum Gasteiger partial charge on any atom is -0.349 e. The van der Waals surface area contributed by atoms with E-state index in [0.29, 0.717) is 0 Å². The number of nitrogens with zero attached hydrogens (tertiary/aromatic N) is 1. The Labute approximate surface area is 103 Å². The fourth-order valence-corrected chi connectivity index (χ4v) is 2.42. The molecule has 0 spiro atoms. The maximum atomic E-state index is 5.42. The Morgan fingerprint density at radius 1 is 1.44 bits per heavy atom. The van der Waals surface area contributed by atoms with Gasteiger partial charge < -0.3 is 10.2 Å². The second kappa shape index (κ2) is 4.83. The number of hydrogen-bond acceptors (Lipinski definition) is 1. The Hall–Kier alpha value is -1.09. The second-order valence-corrected chi connectivity index (χ2v) is 4.78. The zero-order chi connectivity index (χ0) is 11.5. The van der Waals surface area contributed by atoms with Gasteiger partial charge in [0.25, 0.3) is 0 Å². The van der Waals surface area contributed by atoms with E-state index in [1.165, 1.54) is 18.4 Å². The maximum Gasteiger partial charge on any atom is 0.173 e. The fraction of sp³-hybridized carbons (Fsp3) is 0.462. The van der Waals surface area contributed by atoms with Crippen LogP contribution < -0.4 is 5.32 Å². The maximum absolute atomic E-state index is 5.42. The summed E-state index contributed by atoms with van der Waals surface area (Å²) in [5, 5.41) is 4.20. The molecule has 1 N–H and O–H groups in total. The van der Waals surface area contributed by atoms with E-state index in [1.54, 1.807) is 0 Å². The summed E-state index contributed by atoms with van der Waals surface area (Å²) >= 11 is 5.42. The summed E-state index contributed by atoms with van der Waals surface area (Å²) in [7, 11) is 0. The van der Waals surface area contributed by atoms with E-state index in [-0.39, 0.29) is 0 Å². The van der Waals surface area contributed by atoms with Crippen LogP contribution >= 0.6 is 12.2 Å². The lowest BCUT2D eigenvalue weighted by atomic mass is 10.0. The number of rotatable bonds is 1. The molecule has 1 fully saturated rings.